The maximum Gasteiger partial charge on any atom is 0.516 e. The van der Waals surface area contributed by atoms with Crippen molar-refractivity contribution in [1.82, 2.24) is 9.55 Å². The molecule has 0 unspecified atom stereocenters. The van der Waals surface area contributed by atoms with E-state index in [4.69, 9.17) is 9.31 Å². The van der Waals surface area contributed by atoms with Gasteiger partial charge in [-0.1, -0.05) is 0 Å². The maximum absolute atomic E-state index is 5.97. The molecular formula is C12H19BN2O2. The minimum absolute atomic E-state index is 0.291. The fourth-order valence-electron chi connectivity index (χ4n) is 2.01. The first-order valence-corrected chi connectivity index (χ1v) is 6.28. The summed E-state index contributed by atoms with van der Waals surface area (Å²) in [4.78, 5) is 4.40. The molecule has 2 fully saturated rings. The van der Waals surface area contributed by atoms with Crippen molar-refractivity contribution in [2.45, 2.75) is 57.8 Å². The van der Waals surface area contributed by atoms with Gasteiger partial charge in [0.2, 0.25) is 0 Å². The fraction of sp³-hybridized carbons (Fsp3) is 0.750. The van der Waals surface area contributed by atoms with Gasteiger partial charge in [0.25, 0.3) is 0 Å². The Labute approximate surface area is 102 Å². The molecule has 2 aliphatic rings. The summed E-state index contributed by atoms with van der Waals surface area (Å²) in [5.41, 5.74) is 0.303. The van der Waals surface area contributed by atoms with Crippen molar-refractivity contribution < 1.29 is 9.31 Å². The number of nitrogens with zero attached hydrogens (tertiary/aromatic N) is 2. The Hall–Kier alpha value is -0.805. The van der Waals surface area contributed by atoms with Gasteiger partial charge in [-0.3, -0.25) is 0 Å². The van der Waals surface area contributed by atoms with Gasteiger partial charge in [0, 0.05) is 12.2 Å². The highest BCUT2D eigenvalue weighted by Crippen LogP contribution is 2.37. The summed E-state index contributed by atoms with van der Waals surface area (Å²) in [6.07, 6.45) is 6.47. The van der Waals surface area contributed by atoms with Crippen LogP contribution in [0, 0.1) is 0 Å². The lowest BCUT2D eigenvalue weighted by atomic mass is 9.86. The van der Waals surface area contributed by atoms with Gasteiger partial charge in [0.1, 0.15) is 0 Å². The van der Waals surface area contributed by atoms with Crippen LogP contribution in [0.25, 0.3) is 0 Å². The van der Waals surface area contributed by atoms with Gasteiger partial charge in [-0.2, -0.15) is 0 Å². The molecule has 0 bridgehead atoms. The molecule has 92 valence electrons. The van der Waals surface area contributed by atoms with E-state index < -0.39 is 0 Å². The molecule has 17 heavy (non-hydrogen) atoms. The second-order valence-electron chi connectivity index (χ2n) is 6.07. The molecule has 0 atom stereocenters. The Balaban J connectivity index is 1.81. The van der Waals surface area contributed by atoms with Crippen LogP contribution >= 0.6 is 0 Å². The number of imidazole rings is 1. The lowest BCUT2D eigenvalue weighted by Crippen LogP contribution is -2.41. The quantitative estimate of drug-likeness (QED) is 0.728. The largest absolute Gasteiger partial charge is 0.516 e. The average Bonchev–Trinajstić information content (AvgIpc) is 2.89. The van der Waals surface area contributed by atoms with Crippen molar-refractivity contribution >= 4 is 12.7 Å². The average molecular weight is 234 g/mol. The predicted molar refractivity (Wildman–Crippen MR) is 66.2 cm³/mol. The van der Waals surface area contributed by atoms with Gasteiger partial charge in [0.15, 0.2) is 0 Å². The van der Waals surface area contributed by atoms with Crippen LogP contribution in [0.1, 0.15) is 46.6 Å². The van der Waals surface area contributed by atoms with Crippen LogP contribution in [0.2, 0.25) is 0 Å². The van der Waals surface area contributed by atoms with Crippen molar-refractivity contribution in [3.8, 4) is 0 Å². The Kier molecular flexibility index (Phi) is 2.23. The first-order chi connectivity index (χ1) is 7.89. The summed E-state index contributed by atoms with van der Waals surface area (Å²) >= 11 is 0. The Morgan fingerprint density at radius 2 is 1.82 bits per heavy atom. The molecule has 1 aromatic rings. The molecule has 3 rings (SSSR count). The van der Waals surface area contributed by atoms with E-state index in [0.717, 1.165) is 5.59 Å². The number of rotatable bonds is 2. The molecule has 0 aromatic carbocycles. The van der Waals surface area contributed by atoms with Crippen LogP contribution in [0.15, 0.2) is 12.5 Å². The highest BCUT2D eigenvalue weighted by Gasteiger charge is 2.52. The second-order valence-corrected chi connectivity index (χ2v) is 6.07. The van der Waals surface area contributed by atoms with Gasteiger partial charge in [-0.25, -0.2) is 4.98 Å². The zero-order valence-electron chi connectivity index (χ0n) is 10.9. The molecule has 1 saturated carbocycles. The van der Waals surface area contributed by atoms with Crippen molar-refractivity contribution in [2.75, 3.05) is 0 Å². The van der Waals surface area contributed by atoms with Gasteiger partial charge in [-0.05, 0) is 40.5 Å². The topological polar surface area (TPSA) is 36.3 Å². The molecule has 4 nitrogen and oxygen atoms in total. The number of hydrogen-bond acceptors (Lipinski definition) is 3. The van der Waals surface area contributed by atoms with E-state index in [1.807, 2.05) is 6.33 Å². The Bertz CT molecular complexity index is 421. The van der Waals surface area contributed by atoms with Gasteiger partial charge in [0.05, 0.1) is 23.1 Å². The molecule has 2 heterocycles. The molecule has 0 N–H and O–H groups in total. The summed E-state index contributed by atoms with van der Waals surface area (Å²) in [6.45, 7) is 8.24. The summed E-state index contributed by atoms with van der Waals surface area (Å²) in [7, 11) is -0.333. The minimum atomic E-state index is -0.333. The standard InChI is InChI=1S/C12H19BN2O2/c1-11(2)12(3,4)17-13(16-11)10-7-15(8-14-10)9-5-6-9/h7-9H,5-6H2,1-4H3. The monoisotopic (exact) mass is 234 g/mol. The lowest BCUT2D eigenvalue weighted by Gasteiger charge is -2.32. The first kappa shape index (κ1) is 11.3. The van der Waals surface area contributed by atoms with E-state index in [2.05, 4.69) is 43.4 Å². The SMILES string of the molecule is CC1(C)OB(c2cn(C3CC3)cn2)OC1(C)C. The highest BCUT2D eigenvalue weighted by atomic mass is 16.7. The van der Waals surface area contributed by atoms with Crippen LogP contribution in [0.5, 0.6) is 0 Å². The molecule has 0 spiro atoms. The molecule has 1 aromatic heterocycles. The normalized spacial score (nSPS) is 26.5. The predicted octanol–water partition coefficient (Wildman–Crippen LogP) is 1.52. The van der Waals surface area contributed by atoms with Crippen molar-refractivity contribution in [1.29, 1.82) is 0 Å². The van der Waals surface area contributed by atoms with Crippen molar-refractivity contribution in [3.63, 3.8) is 0 Å². The second kappa shape index (κ2) is 3.36. The van der Waals surface area contributed by atoms with E-state index in [1.54, 1.807) is 0 Å². The van der Waals surface area contributed by atoms with Crippen molar-refractivity contribution in [2.24, 2.45) is 0 Å². The summed E-state index contributed by atoms with van der Waals surface area (Å²) < 4.78 is 14.1. The van der Waals surface area contributed by atoms with Gasteiger partial charge < -0.3 is 13.9 Å². The zero-order valence-corrected chi connectivity index (χ0v) is 10.9. The zero-order chi connectivity index (χ0) is 12.3. The third-order valence-electron chi connectivity index (χ3n) is 4.08. The molecule has 0 amide bonds. The van der Waals surface area contributed by atoms with Crippen molar-refractivity contribution in [3.05, 3.63) is 12.5 Å². The number of hydrogen-bond donors (Lipinski definition) is 0. The van der Waals surface area contributed by atoms with Gasteiger partial charge >= 0.3 is 7.12 Å². The molecule has 5 heteroatoms. The Morgan fingerprint density at radius 3 is 2.35 bits per heavy atom. The van der Waals surface area contributed by atoms with Crippen LogP contribution in [0.3, 0.4) is 0 Å². The maximum atomic E-state index is 5.97. The molecule has 1 aliphatic carbocycles. The van der Waals surface area contributed by atoms with E-state index >= 15 is 0 Å². The van der Waals surface area contributed by atoms with Crippen LogP contribution in [0.4, 0.5) is 0 Å². The third kappa shape index (κ3) is 1.81. The Morgan fingerprint density at radius 1 is 1.24 bits per heavy atom. The summed E-state index contributed by atoms with van der Waals surface area (Å²) in [5, 5.41) is 0. The molecular weight excluding hydrogens is 215 g/mol. The van der Waals surface area contributed by atoms with Crippen LogP contribution in [-0.4, -0.2) is 27.9 Å². The minimum Gasteiger partial charge on any atom is -0.398 e. The smallest absolute Gasteiger partial charge is 0.398 e. The van der Waals surface area contributed by atoms with E-state index in [9.17, 15) is 0 Å². The third-order valence-corrected chi connectivity index (χ3v) is 4.08. The van der Waals surface area contributed by atoms with E-state index in [0.29, 0.717) is 6.04 Å². The molecule has 1 saturated heterocycles. The lowest BCUT2D eigenvalue weighted by molar-refractivity contribution is 0.00578. The first-order valence-electron chi connectivity index (χ1n) is 6.28. The van der Waals surface area contributed by atoms with Gasteiger partial charge in [-0.15, -0.1) is 0 Å². The molecule has 1 aliphatic heterocycles. The fourth-order valence-corrected chi connectivity index (χ4v) is 2.01. The molecule has 0 radical (unpaired) electrons. The summed E-state index contributed by atoms with van der Waals surface area (Å²) in [6, 6.07) is 0.652. The van der Waals surface area contributed by atoms with E-state index in [1.165, 1.54) is 12.8 Å². The van der Waals surface area contributed by atoms with E-state index in [-0.39, 0.29) is 18.3 Å². The summed E-state index contributed by atoms with van der Waals surface area (Å²) in [5.74, 6) is 0. The highest BCUT2D eigenvalue weighted by molar-refractivity contribution is 6.61. The van der Waals surface area contributed by atoms with Crippen LogP contribution < -0.4 is 5.59 Å². The van der Waals surface area contributed by atoms with Crippen LogP contribution in [-0.2, 0) is 9.31 Å². The number of aromatic nitrogens is 2.